The Kier molecular flexibility index (Phi) is 4.57. The van der Waals surface area contributed by atoms with E-state index < -0.39 is 12.0 Å². The van der Waals surface area contributed by atoms with Crippen LogP contribution in [0.5, 0.6) is 0 Å². The van der Waals surface area contributed by atoms with Crippen molar-refractivity contribution >= 4 is 12.0 Å². The number of amides is 2. The Morgan fingerprint density at radius 2 is 2.05 bits per heavy atom. The maximum Gasteiger partial charge on any atom is 0.326 e. The summed E-state index contributed by atoms with van der Waals surface area (Å²) in [7, 11) is 0. The first-order chi connectivity index (χ1) is 9.63. The molecule has 0 unspecified atom stereocenters. The van der Waals surface area contributed by atoms with Crippen molar-refractivity contribution in [3.63, 3.8) is 0 Å². The molecule has 6 heteroatoms. The smallest absolute Gasteiger partial charge is 0.326 e. The van der Waals surface area contributed by atoms with Crippen LogP contribution in [-0.2, 0) is 17.8 Å². The number of nitrogens with zero attached hydrogens (tertiary/aromatic N) is 1. The zero-order valence-corrected chi connectivity index (χ0v) is 11.2. The molecule has 1 atom stereocenters. The molecule has 0 bridgehead atoms. The molecule has 0 aliphatic carbocycles. The van der Waals surface area contributed by atoms with Crippen LogP contribution in [0.1, 0.15) is 17.5 Å². The number of hydrogen-bond donors (Lipinski definition) is 3. The van der Waals surface area contributed by atoms with E-state index >= 15 is 0 Å². The largest absolute Gasteiger partial charge is 0.480 e. The molecule has 1 aliphatic heterocycles. The van der Waals surface area contributed by atoms with Gasteiger partial charge in [0.1, 0.15) is 6.04 Å². The van der Waals surface area contributed by atoms with Crippen molar-refractivity contribution in [1.82, 2.24) is 10.2 Å². The Hall–Kier alpha value is -2.08. The number of carboxylic acids is 1. The van der Waals surface area contributed by atoms with Gasteiger partial charge in [0.05, 0.1) is 0 Å². The maximum absolute atomic E-state index is 12.1. The Morgan fingerprint density at radius 3 is 2.70 bits per heavy atom. The predicted molar refractivity (Wildman–Crippen MR) is 74.2 cm³/mol. The number of nitrogens with one attached hydrogen (secondary N) is 1. The summed E-state index contributed by atoms with van der Waals surface area (Å²) in [6, 6.07) is 6.45. The topological polar surface area (TPSA) is 95.7 Å². The van der Waals surface area contributed by atoms with Crippen LogP contribution in [0.15, 0.2) is 24.3 Å². The fourth-order valence-electron chi connectivity index (χ4n) is 2.36. The Bertz CT molecular complexity index is 504. The summed E-state index contributed by atoms with van der Waals surface area (Å²) in [4.78, 5) is 24.9. The average molecular weight is 277 g/mol. The van der Waals surface area contributed by atoms with Crippen molar-refractivity contribution in [3.05, 3.63) is 35.4 Å². The molecule has 0 fully saturated rings. The first-order valence-corrected chi connectivity index (χ1v) is 6.67. The number of carbonyl (C=O) groups is 2. The Morgan fingerprint density at radius 1 is 1.35 bits per heavy atom. The molecule has 0 radical (unpaired) electrons. The second-order valence-corrected chi connectivity index (χ2v) is 4.83. The molecule has 0 saturated heterocycles. The van der Waals surface area contributed by atoms with Gasteiger partial charge in [0.2, 0.25) is 0 Å². The second kappa shape index (κ2) is 6.38. The van der Waals surface area contributed by atoms with Gasteiger partial charge in [-0.15, -0.1) is 0 Å². The van der Waals surface area contributed by atoms with Crippen molar-refractivity contribution in [2.24, 2.45) is 5.73 Å². The average Bonchev–Trinajstić information content (AvgIpc) is 2.46. The van der Waals surface area contributed by atoms with E-state index in [0.717, 1.165) is 11.1 Å². The van der Waals surface area contributed by atoms with Gasteiger partial charge in [0, 0.05) is 19.5 Å². The summed E-state index contributed by atoms with van der Waals surface area (Å²) in [5.41, 5.74) is 7.36. The molecule has 1 heterocycles. The molecular weight excluding hydrogens is 258 g/mol. The summed E-state index contributed by atoms with van der Waals surface area (Å²) in [5.74, 6) is -0.978. The molecule has 0 saturated carbocycles. The van der Waals surface area contributed by atoms with Crippen LogP contribution >= 0.6 is 0 Å². The molecule has 1 aliphatic rings. The fraction of sp³-hybridized carbons (Fsp3) is 0.429. The number of nitrogens with two attached hydrogens (primary N) is 1. The molecule has 0 aromatic heterocycles. The third kappa shape index (κ3) is 3.08. The third-order valence-corrected chi connectivity index (χ3v) is 3.45. The van der Waals surface area contributed by atoms with E-state index in [1.54, 1.807) is 0 Å². The first-order valence-electron chi connectivity index (χ1n) is 6.67. The van der Waals surface area contributed by atoms with E-state index in [-0.39, 0.29) is 6.03 Å². The van der Waals surface area contributed by atoms with Crippen LogP contribution in [0, 0.1) is 0 Å². The predicted octanol–water partition coefficient (Wildman–Crippen LogP) is 0.556. The van der Waals surface area contributed by atoms with Crippen LogP contribution in [0.4, 0.5) is 4.79 Å². The summed E-state index contributed by atoms with van der Waals surface area (Å²) in [6.07, 6.45) is 1.02. The Labute approximate surface area is 117 Å². The first kappa shape index (κ1) is 14.3. The minimum Gasteiger partial charge on any atom is -0.480 e. The van der Waals surface area contributed by atoms with E-state index in [9.17, 15) is 14.7 Å². The van der Waals surface area contributed by atoms with Gasteiger partial charge < -0.3 is 21.1 Å². The molecule has 4 N–H and O–H groups in total. The summed E-state index contributed by atoms with van der Waals surface area (Å²) in [6.45, 7) is 1.27. The SMILES string of the molecule is NCCCNC(=O)N1Cc2ccccc2C[C@H]1C(=O)O. The lowest BCUT2D eigenvalue weighted by atomic mass is 9.94. The van der Waals surface area contributed by atoms with Gasteiger partial charge >= 0.3 is 12.0 Å². The quantitative estimate of drug-likeness (QED) is 0.701. The van der Waals surface area contributed by atoms with Gasteiger partial charge in [-0.2, -0.15) is 0 Å². The molecule has 2 amide bonds. The molecule has 0 spiro atoms. The van der Waals surface area contributed by atoms with Crippen LogP contribution in [-0.4, -0.2) is 41.1 Å². The highest BCUT2D eigenvalue weighted by molar-refractivity contribution is 5.83. The molecular formula is C14H19N3O3. The van der Waals surface area contributed by atoms with E-state index in [4.69, 9.17) is 5.73 Å². The highest BCUT2D eigenvalue weighted by Gasteiger charge is 2.34. The Balaban J connectivity index is 2.13. The lowest BCUT2D eigenvalue weighted by Crippen LogP contribution is -2.52. The lowest BCUT2D eigenvalue weighted by Gasteiger charge is -2.34. The van der Waals surface area contributed by atoms with E-state index in [0.29, 0.717) is 32.5 Å². The standard InChI is InChI=1S/C14H19N3O3/c15-6-3-7-16-14(20)17-9-11-5-2-1-4-10(11)8-12(17)13(18)19/h1-2,4-5,12H,3,6-9,15H2,(H,16,20)(H,18,19)/t12-/m0/s1. The fourth-order valence-corrected chi connectivity index (χ4v) is 2.36. The zero-order valence-electron chi connectivity index (χ0n) is 11.2. The van der Waals surface area contributed by atoms with Crippen molar-refractivity contribution in [2.75, 3.05) is 13.1 Å². The van der Waals surface area contributed by atoms with Crippen LogP contribution in [0.2, 0.25) is 0 Å². The molecule has 1 aromatic rings. The van der Waals surface area contributed by atoms with Gasteiger partial charge in [0.15, 0.2) is 0 Å². The van der Waals surface area contributed by atoms with E-state index in [1.165, 1.54) is 4.90 Å². The molecule has 2 rings (SSSR count). The minimum atomic E-state index is -0.978. The molecule has 20 heavy (non-hydrogen) atoms. The van der Waals surface area contributed by atoms with Gasteiger partial charge in [0.25, 0.3) is 0 Å². The number of benzene rings is 1. The summed E-state index contributed by atoms with van der Waals surface area (Å²) >= 11 is 0. The normalized spacial score (nSPS) is 17.4. The van der Waals surface area contributed by atoms with E-state index in [2.05, 4.69) is 5.32 Å². The molecule has 108 valence electrons. The van der Waals surface area contributed by atoms with Gasteiger partial charge in [-0.25, -0.2) is 9.59 Å². The second-order valence-electron chi connectivity index (χ2n) is 4.83. The van der Waals surface area contributed by atoms with Crippen molar-refractivity contribution in [3.8, 4) is 0 Å². The summed E-state index contributed by atoms with van der Waals surface area (Å²) < 4.78 is 0. The number of hydrogen-bond acceptors (Lipinski definition) is 3. The molecule has 6 nitrogen and oxygen atoms in total. The highest BCUT2D eigenvalue weighted by atomic mass is 16.4. The number of carbonyl (C=O) groups excluding carboxylic acids is 1. The van der Waals surface area contributed by atoms with Crippen LogP contribution in [0.25, 0.3) is 0 Å². The number of urea groups is 1. The number of rotatable bonds is 4. The van der Waals surface area contributed by atoms with Crippen LogP contribution in [0.3, 0.4) is 0 Å². The minimum absolute atomic E-state index is 0.321. The lowest BCUT2D eigenvalue weighted by molar-refractivity contribution is -0.142. The highest BCUT2D eigenvalue weighted by Crippen LogP contribution is 2.23. The van der Waals surface area contributed by atoms with Gasteiger partial charge in [-0.3, -0.25) is 0 Å². The summed E-state index contributed by atoms with van der Waals surface area (Å²) in [5, 5.41) is 12.0. The zero-order chi connectivity index (χ0) is 14.5. The van der Waals surface area contributed by atoms with E-state index in [1.807, 2.05) is 24.3 Å². The number of carboxylic acid groups (broad SMARTS) is 1. The number of fused-ring (bicyclic) bond motifs is 1. The van der Waals surface area contributed by atoms with Gasteiger partial charge in [-0.05, 0) is 24.1 Å². The van der Waals surface area contributed by atoms with Crippen molar-refractivity contribution < 1.29 is 14.7 Å². The van der Waals surface area contributed by atoms with Gasteiger partial charge in [-0.1, -0.05) is 24.3 Å². The third-order valence-electron chi connectivity index (χ3n) is 3.45. The van der Waals surface area contributed by atoms with Crippen molar-refractivity contribution in [2.45, 2.75) is 25.4 Å². The van der Waals surface area contributed by atoms with Crippen LogP contribution < -0.4 is 11.1 Å². The maximum atomic E-state index is 12.1. The monoisotopic (exact) mass is 277 g/mol. The molecule has 1 aromatic carbocycles. The van der Waals surface area contributed by atoms with Crippen molar-refractivity contribution in [1.29, 1.82) is 0 Å². The number of aliphatic carboxylic acids is 1.